The topological polar surface area (TPSA) is 15.8 Å². The molecule has 1 atom stereocenters. The fraction of sp³-hybridized carbons (Fsp3) is 0.500. The van der Waals surface area contributed by atoms with Gasteiger partial charge in [-0.2, -0.15) is 0 Å². The van der Waals surface area contributed by atoms with Crippen LogP contribution in [0.1, 0.15) is 45.2 Å². The Hall–Kier alpha value is -1.24. The number of fused-ring (bicyclic) bond motifs is 1. The molecular weight excluding hydrogens is 206 g/mol. The molecule has 1 heterocycles. The molecular formula is C16H23N. The van der Waals surface area contributed by atoms with Gasteiger partial charge in [0.2, 0.25) is 0 Å². The Labute approximate surface area is 104 Å². The molecule has 0 bridgehead atoms. The van der Waals surface area contributed by atoms with Gasteiger partial charge in [-0.15, -0.1) is 0 Å². The zero-order valence-electron chi connectivity index (χ0n) is 11.0. The molecule has 1 aromatic carbocycles. The molecule has 1 aromatic heterocycles. The molecule has 1 heteroatoms. The summed E-state index contributed by atoms with van der Waals surface area (Å²) in [5.41, 5.74) is 2.67. The molecule has 0 aliphatic carbocycles. The van der Waals surface area contributed by atoms with Crippen molar-refractivity contribution in [1.29, 1.82) is 0 Å². The van der Waals surface area contributed by atoms with Crippen molar-refractivity contribution in [2.24, 2.45) is 5.92 Å². The number of para-hydroxylation sites is 1. The molecule has 0 fully saturated rings. The van der Waals surface area contributed by atoms with Crippen molar-refractivity contribution in [3.8, 4) is 0 Å². The van der Waals surface area contributed by atoms with Crippen molar-refractivity contribution in [2.45, 2.75) is 46.0 Å². The summed E-state index contributed by atoms with van der Waals surface area (Å²) in [6, 6.07) is 10.9. The van der Waals surface area contributed by atoms with Gasteiger partial charge in [0.1, 0.15) is 0 Å². The van der Waals surface area contributed by atoms with Gasteiger partial charge in [-0.05, 0) is 29.9 Å². The Morgan fingerprint density at radius 3 is 2.71 bits per heavy atom. The number of hydrogen-bond donors (Lipinski definition) is 1. The van der Waals surface area contributed by atoms with Gasteiger partial charge in [0, 0.05) is 11.2 Å². The second-order valence-corrected chi connectivity index (χ2v) is 5.00. The van der Waals surface area contributed by atoms with Gasteiger partial charge in [0.25, 0.3) is 0 Å². The lowest BCUT2D eigenvalue weighted by atomic mass is 9.94. The highest BCUT2D eigenvalue weighted by Crippen LogP contribution is 2.21. The smallest absolute Gasteiger partial charge is 0.0456 e. The molecule has 17 heavy (non-hydrogen) atoms. The monoisotopic (exact) mass is 229 g/mol. The minimum atomic E-state index is 0.836. The van der Waals surface area contributed by atoms with Crippen LogP contribution >= 0.6 is 0 Å². The Bertz CT molecular complexity index is 422. The molecule has 0 saturated heterocycles. The summed E-state index contributed by atoms with van der Waals surface area (Å²) >= 11 is 0. The average molecular weight is 229 g/mol. The van der Waals surface area contributed by atoms with Crippen LogP contribution in [0, 0.1) is 5.92 Å². The van der Waals surface area contributed by atoms with E-state index in [-0.39, 0.29) is 0 Å². The highest BCUT2D eigenvalue weighted by atomic mass is 14.7. The number of nitrogens with one attached hydrogen (secondary N) is 1. The van der Waals surface area contributed by atoms with Gasteiger partial charge in [0.15, 0.2) is 0 Å². The van der Waals surface area contributed by atoms with Crippen LogP contribution in [0.3, 0.4) is 0 Å². The number of hydrogen-bond acceptors (Lipinski definition) is 0. The van der Waals surface area contributed by atoms with E-state index in [0.717, 1.165) is 5.92 Å². The van der Waals surface area contributed by atoms with Gasteiger partial charge in [-0.25, -0.2) is 0 Å². The third-order valence-corrected chi connectivity index (χ3v) is 3.64. The summed E-state index contributed by atoms with van der Waals surface area (Å²) in [6.45, 7) is 4.58. The molecule has 1 N–H and O–H groups in total. The molecule has 1 unspecified atom stereocenters. The maximum atomic E-state index is 3.54. The number of H-pyrrole nitrogens is 1. The molecule has 0 radical (unpaired) electrons. The molecule has 92 valence electrons. The minimum absolute atomic E-state index is 0.836. The zero-order valence-corrected chi connectivity index (χ0v) is 11.0. The Morgan fingerprint density at radius 2 is 2.00 bits per heavy atom. The first-order valence-electron chi connectivity index (χ1n) is 6.90. The second kappa shape index (κ2) is 5.90. The van der Waals surface area contributed by atoms with Crippen LogP contribution < -0.4 is 0 Å². The van der Waals surface area contributed by atoms with E-state index >= 15 is 0 Å². The molecule has 0 amide bonds. The van der Waals surface area contributed by atoms with Gasteiger partial charge in [0.05, 0.1) is 0 Å². The van der Waals surface area contributed by atoms with Gasteiger partial charge in [-0.1, -0.05) is 57.7 Å². The summed E-state index contributed by atoms with van der Waals surface area (Å²) in [5, 5.41) is 1.34. The van der Waals surface area contributed by atoms with E-state index in [9.17, 15) is 0 Å². The first-order valence-corrected chi connectivity index (χ1v) is 6.90. The predicted octanol–water partition coefficient (Wildman–Crippen LogP) is 4.93. The van der Waals surface area contributed by atoms with Crippen molar-refractivity contribution in [1.82, 2.24) is 4.98 Å². The van der Waals surface area contributed by atoms with E-state index < -0.39 is 0 Å². The van der Waals surface area contributed by atoms with Crippen molar-refractivity contribution in [3.63, 3.8) is 0 Å². The molecule has 2 rings (SSSR count). The quantitative estimate of drug-likeness (QED) is 0.723. The predicted molar refractivity (Wildman–Crippen MR) is 75.3 cm³/mol. The van der Waals surface area contributed by atoms with Crippen molar-refractivity contribution in [2.75, 3.05) is 0 Å². The van der Waals surface area contributed by atoms with Crippen LogP contribution in [0.5, 0.6) is 0 Å². The molecule has 0 aliphatic rings. The Kier molecular flexibility index (Phi) is 4.24. The number of rotatable bonds is 6. The second-order valence-electron chi connectivity index (χ2n) is 5.00. The zero-order chi connectivity index (χ0) is 12.1. The number of benzene rings is 1. The fourth-order valence-corrected chi connectivity index (χ4v) is 2.50. The van der Waals surface area contributed by atoms with E-state index in [1.807, 2.05) is 0 Å². The first-order chi connectivity index (χ1) is 8.33. The van der Waals surface area contributed by atoms with Gasteiger partial charge >= 0.3 is 0 Å². The number of aromatic amines is 1. The first kappa shape index (κ1) is 12.2. The third-order valence-electron chi connectivity index (χ3n) is 3.64. The van der Waals surface area contributed by atoms with E-state index in [4.69, 9.17) is 0 Å². The maximum Gasteiger partial charge on any atom is 0.0456 e. The Morgan fingerprint density at radius 1 is 1.18 bits per heavy atom. The van der Waals surface area contributed by atoms with Gasteiger partial charge < -0.3 is 4.98 Å². The van der Waals surface area contributed by atoms with Crippen LogP contribution in [0.25, 0.3) is 10.9 Å². The summed E-state index contributed by atoms with van der Waals surface area (Å²) < 4.78 is 0. The van der Waals surface area contributed by atoms with Crippen LogP contribution in [0.4, 0.5) is 0 Å². The highest BCUT2D eigenvalue weighted by Gasteiger charge is 2.08. The van der Waals surface area contributed by atoms with E-state index in [1.54, 1.807) is 0 Å². The molecule has 0 spiro atoms. The van der Waals surface area contributed by atoms with Crippen molar-refractivity contribution < 1.29 is 0 Å². The molecule has 0 aliphatic heterocycles. The minimum Gasteiger partial charge on any atom is -0.358 e. The van der Waals surface area contributed by atoms with Crippen LogP contribution in [0.2, 0.25) is 0 Å². The van der Waals surface area contributed by atoms with Crippen molar-refractivity contribution in [3.05, 3.63) is 36.0 Å². The van der Waals surface area contributed by atoms with Gasteiger partial charge in [-0.3, -0.25) is 0 Å². The fourth-order valence-electron chi connectivity index (χ4n) is 2.50. The maximum absolute atomic E-state index is 3.54. The van der Waals surface area contributed by atoms with E-state index in [1.165, 1.54) is 48.7 Å². The van der Waals surface area contributed by atoms with Crippen LogP contribution in [-0.2, 0) is 6.42 Å². The lowest BCUT2D eigenvalue weighted by molar-refractivity contribution is 0.446. The summed E-state index contributed by atoms with van der Waals surface area (Å²) in [7, 11) is 0. The van der Waals surface area contributed by atoms with Crippen LogP contribution in [-0.4, -0.2) is 4.98 Å². The standard InChI is InChI=1S/C16H23N/c1-3-5-8-13(4-2)11-15-12-14-9-6-7-10-16(14)17-15/h6-7,9-10,12-13,17H,3-5,8,11H2,1-2H3. The number of aromatic nitrogens is 1. The highest BCUT2D eigenvalue weighted by molar-refractivity contribution is 5.80. The SMILES string of the molecule is CCCCC(CC)Cc1cc2ccccc2[nH]1. The lowest BCUT2D eigenvalue weighted by Gasteiger charge is -2.12. The summed E-state index contributed by atoms with van der Waals surface area (Å²) in [4.78, 5) is 3.54. The normalized spacial score (nSPS) is 13.1. The number of unbranched alkanes of at least 4 members (excludes halogenated alkanes) is 1. The van der Waals surface area contributed by atoms with E-state index in [2.05, 4.69) is 49.2 Å². The average Bonchev–Trinajstić information content (AvgIpc) is 2.76. The molecule has 2 aromatic rings. The summed E-state index contributed by atoms with van der Waals surface area (Å²) in [6.07, 6.45) is 6.52. The van der Waals surface area contributed by atoms with Crippen molar-refractivity contribution >= 4 is 10.9 Å². The Balaban J connectivity index is 2.06. The molecule has 0 saturated carbocycles. The summed E-state index contributed by atoms with van der Waals surface area (Å²) in [5.74, 6) is 0.836. The molecule has 1 nitrogen and oxygen atoms in total. The van der Waals surface area contributed by atoms with Crippen LogP contribution in [0.15, 0.2) is 30.3 Å². The van der Waals surface area contributed by atoms with E-state index in [0.29, 0.717) is 0 Å². The third kappa shape index (κ3) is 3.12. The largest absolute Gasteiger partial charge is 0.358 e. The lowest BCUT2D eigenvalue weighted by Crippen LogP contribution is -2.03.